The lowest BCUT2D eigenvalue weighted by atomic mass is 10.2. The molecule has 1 aliphatic heterocycles. The highest BCUT2D eigenvalue weighted by atomic mass is 79.9. The zero-order chi connectivity index (χ0) is 27.2. The van der Waals surface area contributed by atoms with E-state index in [-0.39, 0.29) is 10.9 Å². The molecule has 1 aromatic carbocycles. The molecule has 0 unspecified atom stereocenters. The number of carbonyl (C=O) groups excluding carboxylic acids is 1. The summed E-state index contributed by atoms with van der Waals surface area (Å²) in [6.07, 6.45) is 4.89. The predicted octanol–water partition coefficient (Wildman–Crippen LogP) is 6.55. The Bertz CT molecular complexity index is 1280. The molecule has 4 rings (SSSR count). The number of nitrogens with one attached hydrogen (secondary N) is 2. The molecule has 0 saturated carbocycles. The molecular formula is C26H33BrCl2N6O2S. The minimum atomic E-state index is -0.353. The number of piperazine rings is 1. The van der Waals surface area contributed by atoms with Crippen LogP contribution in [0.2, 0.25) is 10.0 Å². The Labute approximate surface area is 246 Å². The SMILES string of the molecule is CCN1CCN(CCCCCNc2ncnc3c(C(=O)Nc4c(Cl)c(C)c(Br)c(OC)c4Cl)csc23)CC1. The Morgan fingerprint density at radius 1 is 1.13 bits per heavy atom. The number of anilines is 2. The molecule has 0 bridgehead atoms. The van der Waals surface area contributed by atoms with Crippen molar-refractivity contribution in [1.29, 1.82) is 0 Å². The number of carbonyl (C=O) groups is 1. The van der Waals surface area contributed by atoms with E-state index in [9.17, 15) is 4.79 Å². The Morgan fingerprint density at radius 3 is 2.58 bits per heavy atom. The van der Waals surface area contributed by atoms with Crippen LogP contribution in [-0.2, 0) is 0 Å². The van der Waals surface area contributed by atoms with E-state index in [1.807, 2.05) is 6.92 Å². The first-order valence-electron chi connectivity index (χ1n) is 12.8. The van der Waals surface area contributed by atoms with Gasteiger partial charge in [-0.2, -0.15) is 0 Å². The van der Waals surface area contributed by atoms with Crippen molar-refractivity contribution in [2.45, 2.75) is 33.1 Å². The van der Waals surface area contributed by atoms with Gasteiger partial charge in [-0.1, -0.05) is 36.5 Å². The molecule has 3 heterocycles. The molecule has 12 heteroatoms. The van der Waals surface area contributed by atoms with Crippen molar-refractivity contribution in [2.24, 2.45) is 0 Å². The average molecular weight is 644 g/mol. The molecule has 8 nitrogen and oxygen atoms in total. The van der Waals surface area contributed by atoms with Crippen LogP contribution in [0, 0.1) is 6.92 Å². The van der Waals surface area contributed by atoms with Gasteiger partial charge in [0.05, 0.1) is 38.1 Å². The van der Waals surface area contributed by atoms with Crippen molar-refractivity contribution in [3.05, 3.63) is 37.4 Å². The highest BCUT2D eigenvalue weighted by Gasteiger charge is 2.23. The number of likely N-dealkylation sites (N-methyl/N-ethyl adjacent to an activating group) is 1. The summed E-state index contributed by atoms with van der Waals surface area (Å²) in [6.45, 7) is 11.9. The van der Waals surface area contributed by atoms with Crippen molar-refractivity contribution < 1.29 is 9.53 Å². The Kier molecular flexibility index (Phi) is 10.5. The highest BCUT2D eigenvalue weighted by Crippen LogP contribution is 2.46. The van der Waals surface area contributed by atoms with Gasteiger partial charge in [-0.3, -0.25) is 4.79 Å². The molecule has 2 N–H and O–H groups in total. The molecule has 1 aliphatic rings. The molecule has 3 aromatic rings. The number of unbranched alkanes of at least 4 members (excludes halogenated alkanes) is 2. The van der Waals surface area contributed by atoms with Crippen molar-refractivity contribution in [2.75, 3.05) is 63.6 Å². The lowest BCUT2D eigenvalue weighted by Crippen LogP contribution is -2.46. The number of hydrogen-bond acceptors (Lipinski definition) is 8. The quantitative estimate of drug-likeness (QED) is 0.229. The second kappa shape index (κ2) is 13.6. The van der Waals surface area contributed by atoms with Gasteiger partial charge in [0.2, 0.25) is 0 Å². The van der Waals surface area contributed by atoms with Crippen molar-refractivity contribution >= 4 is 78.1 Å². The summed E-state index contributed by atoms with van der Waals surface area (Å²) in [5.41, 5.74) is 2.04. The normalized spacial score (nSPS) is 14.7. The molecule has 0 aliphatic carbocycles. The van der Waals surface area contributed by atoms with Crippen LogP contribution in [0.5, 0.6) is 5.75 Å². The number of thiophene rings is 1. The van der Waals surface area contributed by atoms with E-state index in [1.54, 1.807) is 5.38 Å². The number of aromatic nitrogens is 2. The Balaban J connectivity index is 1.34. The van der Waals surface area contributed by atoms with Crippen LogP contribution in [0.3, 0.4) is 0 Å². The van der Waals surface area contributed by atoms with Gasteiger partial charge in [0.25, 0.3) is 5.91 Å². The summed E-state index contributed by atoms with van der Waals surface area (Å²) in [5.74, 6) is 0.798. The summed E-state index contributed by atoms with van der Waals surface area (Å²) in [5, 5.41) is 8.63. The number of methoxy groups -OCH3 is 1. The van der Waals surface area contributed by atoms with Gasteiger partial charge >= 0.3 is 0 Å². The van der Waals surface area contributed by atoms with Crippen LogP contribution in [0.15, 0.2) is 16.2 Å². The first-order chi connectivity index (χ1) is 18.3. The van der Waals surface area contributed by atoms with E-state index in [2.05, 4.69) is 53.3 Å². The molecule has 1 fully saturated rings. The summed E-state index contributed by atoms with van der Waals surface area (Å²) >= 11 is 17.9. The standard InChI is InChI=1S/C26H33BrCl2N6O2S/c1-4-34-10-12-35(13-11-34)9-7-5-6-8-30-25-24-21(31-15-32-25)17(14-38-24)26(36)33-22-19(28)16(2)18(27)23(37-3)20(22)29/h14-15H,4-13H2,1-3H3,(H,33,36)(H,30,31,32). The molecular weight excluding hydrogens is 611 g/mol. The third kappa shape index (κ3) is 6.54. The Morgan fingerprint density at radius 2 is 1.87 bits per heavy atom. The van der Waals surface area contributed by atoms with Crippen LogP contribution in [0.25, 0.3) is 10.2 Å². The predicted molar refractivity (Wildman–Crippen MR) is 162 cm³/mol. The minimum absolute atomic E-state index is 0.225. The van der Waals surface area contributed by atoms with E-state index in [4.69, 9.17) is 27.9 Å². The molecule has 0 atom stereocenters. The molecule has 0 radical (unpaired) electrons. The number of hydrogen-bond donors (Lipinski definition) is 2. The molecule has 0 spiro atoms. The summed E-state index contributed by atoms with van der Waals surface area (Å²) in [7, 11) is 1.51. The van der Waals surface area contributed by atoms with E-state index in [0.717, 1.165) is 43.0 Å². The summed E-state index contributed by atoms with van der Waals surface area (Å²) in [6, 6.07) is 0. The van der Waals surface area contributed by atoms with Gasteiger partial charge in [-0.05, 0) is 54.3 Å². The van der Waals surface area contributed by atoms with Crippen molar-refractivity contribution in [3.8, 4) is 5.75 Å². The average Bonchev–Trinajstić information content (AvgIpc) is 3.37. The lowest BCUT2D eigenvalue weighted by molar-refractivity contribution is 0.102. The number of amides is 1. The number of ether oxygens (including phenoxy) is 1. The van der Waals surface area contributed by atoms with Gasteiger partial charge in [0, 0.05) is 38.1 Å². The molecule has 206 valence electrons. The zero-order valence-electron chi connectivity index (χ0n) is 21.9. The van der Waals surface area contributed by atoms with Crippen LogP contribution in [0.4, 0.5) is 11.5 Å². The largest absolute Gasteiger partial charge is 0.494 e. The second-order valence-corrected chi connectivity index (χ2v) is 11.7. The zero-order valence-corrected chi connectivity index (χ0v) is 25.8. The third-order valence-electron chi connectivity index (χ3n) is 6.89. The van der Waals surface area contributed by atoms with E-state index >= 15 is 0 Å². The lowest BCUT2D eigenvalue weighted by Gasteiger charge is -2.33. The van der Waals surface area contributed by atoms with Gasteiger partial charge < -0.3 is 25.2 Å². The van der Waals surface area contributed by atoms with Gasteiger partial charge in [0.1, 0.15) is 17.2 Å². The smallest absolute Gasteiger partial charge is 0.258 e. The highest BCUT2D eigenvalue weighted by molar-refractivity contribution is 9.10. The number of rotatable bonds is 11. The summed E-state index contributed by atoms with van der Waals surface area (Å²) < 4.78 is 6.88. The van der Waals surface area contributed by atoms with Crippen LogP contribution < -0.4 is 15.4 Å². The minimum Gasteiger partial charge on any atom is -0.494 e. The summed E-state index contributed by atoms with van der Waals surface area (Å²) in [4.78, 5) is 27.1. The molecule has 1 saturated heterocycles. The van der Waals surface area contributed by atoms with E-state index in [0.29, 0.717) is 37.6 Å². The first-order valence-corrected chi connectivity index (χ1v) is 15.2. The number of fused-ring (bicyclic) bond motifs is 1. The maximum Gasteiger partial charge on any atom is 0.258 e. The van der Waals surface area contributed by atoms with Gasteiger partial charge in [0.15, 0.2) is 5.75 Å². The van der Waals surface area contributed by atoms with Crippen molar-refractivity contribution in [3.63, 3.8) is 0 Å². The fourth-order valence-corrected chi connectivity index (χ4v) is 6.89. The van der Waals surface area contributed by atoms with Gasteiger partial charge in [-0.15, -0.1) is 11.3 Å². The second-order valence-electron chi connectivity index (χ2n) is 9.24. The maximum absolute atomic E-state index is 13.2. The fourth-order valence-electron chi connectivity index (χ4n) is 4.54. The van der Waals surface area contributed by atoms with Crippen molar-refractivity contribution in [1.82, 2.24) is 19.8 Å². The Hall–Kier alpha value is -1.69. The third-order valence-corrected chi connectivity index (χ3v) is 9.66. The molecule has 2 aromatic heterocycles. The number of nitrogens with zero attached hydrogens (tertiary/aromatic N) is 4. The van der Waals surface area contributed by atoms with Crippen LogP contribution in [0.1, 0.15) is 42.1 Å². The van der Waals surface area contributed by atoms with Crippen LogP contribution >= 0.6 is 50.5 Å². The molecule has 38 heavy (non-hydrogen) atoms. The maximum atomic E-state index is 13.2. The van der Waals surface area contributed by atoms with Crippen LogP contribution in [-0.4, -0.2) is 78.6 Å². The fraction of sp³-hybridized carbons (Fsp3) is 0.500. The van der Waals surface area contributed by atoms with E-state index < -0.39 is 0 Å². The monoisotopic (exact) mass is 642 g/mol. The number of benzene rings is 1. The first kappa shape index (κ1) is 29.3. The topological polar surface area (TPSA) is 82.6 Å². The number of halogens is 3. The van der Waals surface area contributed by atoms with Gasteiger partial charge in [-0.25, -0.2) is 9.97 Å². The molecule has 1 amide bonds. The van der Waals surface area contributed by atoms with E-state index in [1.165, 1.54) is 57.4 Å².